The van der Waals surface area contributed by atoms with E-state index in [2.05, 4.69) is 34.3 Å². The van der Waals surface area contributed by atoms with Gasteiger partial charge in [0.25, 0.3) is 0 Å². The van der Waals surface area contributed by atoms with Gasteiger partial charge in [-0.25, -0.2) is 8.42 Å². The second-order valence-electron chi connectivity index (χ2n) is 6.59. The van der Waals surface area contributed by atoms with Gasteiger partial charge in [-0.3, -0.25) is 10.00 Å². The number of H-pyrrole nitrogens is 1. The molecular formula is C17H24N4O2S. The molecule has 7 heteroatoms. The smallest absolute Gasteiger partial charge is 0.246 e. The second-order valence-corrected chi connectivity index (χ2v) is 8.57. The molecule has 0 amide bonds. The van der Waals surface area contributed by atoms with Gasteiger partial charge in [0.05, 0.1) is 11.4 Å². The normalized spacial score (nSPS) is 18.8. The summed E-state index contributed by atoms with van der Waals surface area (Å²) in [4.78, 5) is 2.52. The van der Waals surface area contributed by atoms with Crippen LogP contribution in [0.5, 0.6) is 0 Å². The highest BCUT2D eigenvalue weighted by Gasteiger charge is 2.31. The minimum absolute atomic E-state index is 0.159. The first-order chi connectivity index (χ1) is 11.3. The molecule has 0 bridgehead atoms. The topological polar surface area (TPSA) is 69.3 Å². The third-order valence-corrected chi connectivity index (χ3v) is 6.90. The van der Waals surface area contributed by atoms with Gasteiger partial charge >= 0.3 is 0 Å². The van der Waals surface area contributed by atoms with Gasteiger partial charge < -0.3 is 0 Å². The van der Waals surface area contributed by atoms with Crippen LogP contribution in [-0.4, -0.2) is 54.5 Å². The maximum atomic E-state index is 12.9. The molecule has 2 heterocycles. The van der Waals surface area contributed by atoms with Crippen molar-refractivity contribution in [1.29, 1.82) is 0 Å². The molecular weight excluding hydrogens is 324 g/mol. The fourth-order valence-electron chi connectivity index (χ4n) is 3.39. The summed E-state index contributed by atoms with van der Waals surface area (Å²) in [5.74, 6) is 0. The van der Waals surface area contributed by atoms with E-state index in [1.54, 1.807) is 20.9 Å². The number of aromatic amines is 1. The molecule has 0 spiro atoms. The summed E-state index contributed by atoms with van der Waals surface area (Å²) in [5.41, 5.74) is 3.73. The predicted octanol–water partition coefficient (Wildman–Crippen LogP) is 1.70. The third-order valence-electron chi connectivity index (χ3n) is 4.81. The summed E-state index contributed by atoms with van der Waals surface area (Å²) in [5, 5.41) is 6.77. The molecule has 1 N–H and O–H groups in total. The van der Waals surface area contributed by atoms with Crippen molar-refractivity contribution < 1.29 is 8.42 Å². The number of hydrogen-bond acceptors (Lipinski definition) is 4. The Morgan fingerprint density at radius 1 is 1.29 bits per heavy atom. The molecule has 1 atom stereocenters. The summed E-state index contributed by atoms with van der Waals surface area (Å²) in [6, 6.07) is 8.52. The molecule has 1 aromatic heterocycles. The highest BCUT2D eigenvalue weighted by molar-refractivity contribution is 7.89. The number of nitrogens with one attached hydrogen (secondary N) is 1. The summed E-state index contributed by atoms with van der Waals surface area (Å²) in [6.45, 7) is 4.76. The van der Waals surface area contributed by atoms with Crippen LogP contribution in [0.1, 0.15) is 22.5 Å². The molecule has 0 aliphatic carbocycles. The van der Waals surface area contributed by atoms with E-state index < -0.39 is 10.0 Å². The van der Waals surface area contributed by atoms with Crippen molar-refractivity contribution in [2.24, 2.45) is 0 Å². The van der Waals surface area contributed by atoms with Crippen LogP contribution in [0.15, 0.2) is 29.2 Å². The average molecular weight is 348 g/mol. The SMILES string of the molecule is Cc1n[nH]c(C)c1S(=O)(=O)N(C)CC1Cc2ccccc2CN1C. The summed E-state index contributed by atoms with van der Waals surface area (Å²) >= 11 is 0. The highest BCUT2D eigenvalue weighted by atomic mass is 32.2. The summed E-state index contributed by atoms with van der Waals surface area (Å²) < 4.78 is 27.3. The van der Waals surface area contributed by atoms with Gasteiger partial charge in [-0.15, -0.1) is 0 Å². The molecule has 1 aliphatic rings. The number of rotatable bonds is 4. The lowest BCUT2D eigenvalue weighted by atomic mass is 9.94. The van der Waals surface area contributed by atoms with E-state index in [1.807, 2.05) is 12.1 Å². The number of aromatic nitrogens is 2. The van der Waals surface area contributed by atoms with Gasteiger partial charge in [0.1, 0.15) is 4.90 Å². The Kier molecular flexibility index (Phi) is 4.50. The van der Waals surface area contributed by atoms with Gasteiger partial charge in [-0.2, -0.15) is 9.40 Å². The molecule has 24 heavy (non-hydrogen) atoms. The Morgan fingerprint density at radius 3 is 2.58 bits per heavy atom. The number of benzene rings is 1. The van der Waals surface area contributed by atoms with Crippen molar-refractivity contribution in [2.75, 3.05) is 20.6 Å². The van der Waals surface area contributed by atoms with Gasteiger partial charge in [0.15, 0.2) is 0 Å². The highest BCUT2D eigenvalue weighted by Crippen LogP contribution is 2.25. The fourth-order valence-corrected chi connectivity index (χ4v) is 4.93. The molecule has 1 aliphatic heterocycles. The molecule has 0 saturated heterocycles. The zero-order valence-electron chi connectivity index (χ0n) is 14.6. The number of nitrogens with zero attached hydrogens (tertiary/aromatic N) is 3. The van der Waals surface area contributed by atoms with E-state index in [0.29, 0.717) is 22.8 Å². The van der Waals surface area contributed by atoms with E-state index in [-0.39, 0.29) is 6.04 Å². The molecule has 1 unspecified atom stereocenters. The molecule has 2 aromatic rings. The van der Waals surface area contributed by atoms with Crippen LogP contribution in [-0.2, 0) is 23.0 Å². The minimum Gasteiger partial charge on any atom is -0.298 e. The Balaban J connectivity index is 1.81. The van der Waals surface area contributed by atoms with E-state index in [1.165, 1.54) is 15.4 Å². The van der Waals surface area contributed by atoms with Gasteiger partial charge in [0.2, 0.25) is 10.0 Å². The van der Waals surface area contributed by atoms with Crippen LogP contribution >= 0.6 is 0 Å². The van der Waals surface area contributed by atoms with Crippen molar-refractivity contribution >= 4 is 10.0 Å². The fraction of sp³-hybridized carbons (Fsp3) is 0.471. The molecule has 6 nitrogen and oxygen atoms in total. The van der Waals surface area contributed by atoms with Crippen molar-refractivity contribution in [1.82, 2.24) is 19.4 Å². The lowest BCUT2D eigenvalue weighted by molar-refractivity contribution is 0.191. The largest absolute Gasteiger partial charge is 0.298 e. The van der Waals surface area contributed by atoms with Gasteiger partial charge in [0, 0.05) is 26.2 Å². The molecule has 130 valence electrons. The van der Waals surface area contributed by atoms with Crippen molar-refractivity contribution in [2.45, 2.75) is 37.8 Å². The third kappa shape index (κ3) is 2.99. The Labute approximate surface area is 143 Å². The zero-order chi connectivity index (χ0) is 17.5. The van der Waals surface area contributed by atoms with Crippen LogP contribution in [0.25, 0.3) is 0 Å². The predicted molar refractivity (Wildman–Crippen MR) is 93.3 cm³/mol. The molecule has 0 saturated carbocycles. The first-order valence-corrected chi connectivity index (χ1v) is 9.49. The van der Waals surface area contributed by atoms with Crippen LogP contribution < -0.4 is 0 Å². The van der Waals surface area contributed by atoms with Crippen molar-refractivity contribution in [3.8, 4) is 0 Å². The average Bonchev–Trinajstić information content (AvgIpc) is 2.87. The second kappa shape index (κ2) is 6.31. The van der Waals surface area contributed by atoms with E-state index in [4.69, 9.17) is 0 Å². The van der Waals surface area contributed by atoms with Crippen LogP contribution in [0.4, 0.5) is 0 Å². The van der Waals surface area contributed by atoms with Gasteiger partial charge in [-0.05, 0) is 38.4 Å². The molecule has 1 aromatic carbocycles. The number of hydrogen-bond donors (Lipinski definition) is 1. The monoisotopic (exact) mass is 348 g/mol. The van der Waals surface area contributed by atoms with Crippen LogP contribution in [0, 0.1) is 13.8 Å². The van der Waals surface area contributed by atoms with E-state index in [9.17, 15) is 8.42 Å². The number of aryl methyl sites for hydroxylation is 2. The number of sulfonamides is 1. The number of likely N-dealkylation sites (N-methyl/N-ethyl adjacent to an activating group) is 2. The summed E-state index contributed by atoms with van der Waals surface area (Å²) in [7, 11) is 0.155. The standard InChI is InChI=1S/C17H24N4O2S/c1-12-17(13(2)19-18-12)24(22,23)21(4)11-16-9-14-7-5-6-8-15(14)10-20(16)3/h5-8,16H,9-11H2,1-4H3,(H,18,19). The Hall–Kier alpha value is -1.70. The van der Waals surface area contributed by atoms with Crippen molar-refractivity contribution in [3.05, 3.63) is 46.8 Å². The lowest BCUT2D eigenvalue weighted by Gasteiger charge is -2.36. The number of fused-ring (bicyclic) bond motifs is 1. The Morgan fingerprint density at radius 2 is 1.96 bits per heavy atom. The first-order valence-electron chi connectivity index (χ1n) is 8.05. The molecule has 3 rings (SSSR count). The quantitative estimate of drug-likeness (QED) is 0.913. The maximum absolute atomic E-state index is 12.9. The first kappa shape index (κ1) is 17.1. The van der Waals surface area contributed by atoms with E-state index >= 15 is 0 Å². The minimum atomic E-state index is -3.54. The molecule has 0 radical (unpaired) electrons. The Bertz CT molecular complexity index is 825. The maximum Gasteiger partial charge on any atom is 0.246 e. The zero-order valence-corrected chi connectivity index (χ0v) is 15.4. The van der Waals surface area contributed by atoms with Crippen molar-refractivity contribution in [3.63, 3.8) is 0 Å². The lowest BCUT2D eigenvalue weighted by Crippen LogP contribution is -2.46. The summed E-state index contributed by atoms with van der Waals surface area (Å²) in [6.07, 6.45) is 0.857. The van der Waals surface area contributed by atoms with Gasteiger partial charge in [-0.1, -0.05) is 24.3 Å². The van der Waals surface area contributed by atoms with Crippen LogP contribution in [0.2, 0.25) is 0 Å². The molecule has 0 fully saturated rings. The van der Waals surface area contributed by atoms with Crippen LogP contribution in [0.3, 0.4) is 0 Å². The van der Waals surface area contributed by atoms with E-state index in [0.717, 1.165) is 13.0 Å².